The first-order valence-corrected chi connectivity index (χ1v) is 18.5. The van der Waals surface area contributed by atoms with E-state index < -0.39 is 5.41 Å². The van der Waals surface area contributed by atoms with Crippen molar-refractivity contribution in [2.75, 3.05) is 0 Å². The van der Waals surface area contributed by atoms with Crippen molar-refractivity contribution in [1.82, 2.24) is 0 Å². The van der Waals surface area contributed by atoms with Crippen molar-refractivity contribution in [3.05, 3.63) is 229 Å². The summed E-state index contributed by atoms with van der Waals surface area (Å²) < 4.78 is 0. The molecular weight excluding hydrogens is 637 g/mol. The van der Waals surface area contributed by atoms with Gasteiger partial charge in [-0.3, -0.25) is 0 Å². The van der Waals surface area contributed by atoms with Crippen molar-refractivity contribution < 1.29 is 0 Å². The average molecular weight is 671 g/mol. The third kappa shape index (κ3) is 4.30. The molecule has 0 aliphatic heterocycles. The largest absolute Gasteiger partial charge is 0.0713 e. The standard InChI is InChI=1S/C53H34/c1-4-15-35(16-5-1)41-25-14-26-45-44(41)30-32-50-52(45)48-34-38(28-31-49(48)53(50,39-19-6-2-7-20-39)40-21-8-3-9-22-40)51-43-24-13-11-18-37(43)33-47-42-23-12-10-17-36(42)27-29-46(47)51/h1-34H. The summed E-state index contributed by atoms with van der Waals surface area (Å²) in [5.41, 5.74) is 12.3. The molecule has 53 heavy (non-hydrogen) atoms. The number of hydrogen-bond acceptors (Lipinski definition) is 0. The Morgan fingerprint density at radius 2 is 0.849 bits per heavy atom. The van der Waals surface area contributed by atoms with Crippen LogP contribution in [0.2, 0.25) is 0 Å². The van der Waals surface area contributed by atoms with E-state index in [-0.39, 0.29) is 0 Å². The molecule has 10 aromatic carbocycles. The van der Waals surface area contributed by atoms with Gasteiger partial charge in [0.15, 0.2) is 0 Å². The lowest BCUT2D eigenvalue weighted by molar-refractivity contribution is 0.769. The van der Waals surface area contributed by atoms with Gasteiger partial charge in [0.05, 0.1) is 5.41 Å². The SMILES string of the molecule is c1ccc(-c2cccc3c4c(ccc23)C(c2ccccc2)(c2ccccc2)c2ccc(-c3c5ccccc5cc5c3ccc3ccccc35)cc2-4)cc1. The molecule has 0 heterocycles. The zero-order chi connectivity index (χ0) is 34.9. The molecule has 246 valence electrons. The number of hydrogen-bond donors (Lipinski definition) is 0. The van der Waals surface area contributed by atoms with Crippen molar-refractivity contribution in [3.8, 4) is 33.4 Å². The lowest BCUT2D eigenvalue weighted by Gasteiger charge is -2.34. The van der Waals surface area contributed by atoms with Crippen LogP contribution < -0.4 is 0 Å². The minimum Gasteiger partial charge on any atom is -0.0622 e. The highest BCUT2D eigenvalue weighted by atomic mass is 14.5. The molecule has 0 saturated carbocycles. The maximum atomic E-state index is 2.51. The number of rotatable bonds is 4. The Bertz CT molecular complexity index is 2990. The van der Waals surface area contributed by atoms with E-state index >= 15 is 0 Å². The van der Waals surface area contributed by atoms with Crippen LogP contribution in [0.1, 0.15) is 22.3 Å². The fraction of sp³-hybridized carbons (Fsp3) is 0.0189. The molecule has 0 amide bonds. The normalized spacial score (nSPS) is 13.1. The predicted octanol–water partition coefficient (Wildman–Crippen LogP) is 14.0. The van der Waals surface area contributed by atoms with Gasteiger partial charge in [-0.25, -0.2) is 0 Å². The molecule has 1 aliphatic rings. The summed E-state index contributed by atoms with van der Waals surface area (Å²) in [5, 5.41) is 10.2. The van der Waals surface area contributed by atoms with Crippen LogP contribution >= 0.6 is 0 Å². The van der Waals surface area contributed by atoms with Gasteiger partial charge in [0, 0.05) is 0 Å². The Balaban J connectivity index is 1.29. The summed E-state index contributed by atoms with van der Waals surface area (Å²) in [6.07, 6.45) is 0. The third-order valence-corrected chi connectivity index (χ3v) is 11.7. The molecule has 1 aliphatic carbocycles. The first kappa shape index (κ1) is 29.9. The van der Waals surface area contributed by atoms with Gasteiger partial charge in [0.1, 0.15) is 0 Å². The van der Waals surface area contributed by atoms with E-state index in [2.05, 4.69) is 206 Å². The van der Waals surface area contributed by atoms with E-state index in [1.807, 2.05) is 0 Å². The van der Waals surface area contributed by atoms with Crippen LogP contribution in [-0.2, 0) is 5.41 Å². The molecule has 0 heteroatoms. The van der Waals surface area contributed by atoms with Gasteiger partial charge in [0.2, 0.25) is 0 Å². The lowest BCUT2D eigenvalue weighted by Crippen LogP contribution is -2.28. The number of benzene rings is 10. The maximum absolute atomic E-state index is 2.51. The molecule has 0 unspecified atom stereocenters. The van der Waals surface area contributed by atoms with E-state index in [9.17, 15) is 0 Å². The van der Waals surface area contributed by atoms with E-state index in [1.165, 1.54) is 98.7 Å². The summed E-state index contributed by atoms with van der Waals surface area (Å²) in [6.45, 7) is 0. The van der Waals surface area contributed by atoms with E-state index in [4.69, 9.17) is 0 Å². The van der Waals surface area contributed by atoms with Crippen LogP contribution in [0.5, 0.6) is 0 Å². The second-order valence-electron chi connectivity index (χ2n) is 14.4. The summed E-state index contributed by atoms with van der Waals surface area (Å²) in [6, 6.07) is 76.7. The Morgan fingerprint density at radius 3 is 1.60 bits per heavy atom. The van der Waals surface area contributed by atoms with Gasteiger partial charge in [0.25, 0.3) is 0 Å². The van der Waals surface area contributed by atoms with Crippen molar-refractivity contribution in [1.29, 1.82) is 0 Å². The van der Waals surface area contributed by atoms with Crippen LogP contribution in [0, 0.1) is 0 Å². The number of fused-ring (bicyclic) bond motifs is 9. The van der Waals surface area contributed by atoms with Crippen LogP contribution in [0.25, 0.3) is 76.5 Å². The smallest absolute Gasteiger partial charge is 0.0622 e. The minimum absolute atomic E-state index is 0.486. The molecule has 0 aromatic heterocycles. The Hall–Kier alpha value is -6.76. The zero-order valence-corrected chi connectivity index (χ0v) is 29.1. The van der Waals surface area contributed by atoms with Gasteiger partial charge in [-0.05, 0) is 111 Å². The third-order valence-electron chi connectivity index (χ3n) is 11.7. The minimum atomic E-state index is -0.486. The molecule has 0 spiro atoms. The summed E-state index contributed by atoms with van der Waals surface area (Å²) in [5.74, 6) is 0. The van der Waals surface area contributed by atoms with Crippen molar-refractivity contribution >= 4 is 43.1 Å². The van der Waals surface area contributed by atoms with Crippen LogP contribution in [0.15, 0.2) is 206 Å². The van der Waals surface area contributed by atoms with Gasteiger partial charge in [-0.2, -0.15) is 0 Å². The second-order valence-corrected chi connectivity index (χ2v) is 14.4. The first-order valence-electron chi connectivity index (χ1n) is 18.5. The Kier molecular flexibility index (Phi) is 6.57. The summed E-state index contributed by atoms with van der Waals surface area (Å²) in [7, 11) is 0. The molecule has 0 radical (unpaired) electrons. The van der Waals surface area contributed by atoms with Crippen LogP contribution in [0.3, 0.4) is 0 Å². The first-order chi connectivity index (χ1) is 26.3. The molecule has 0 saturated heterocycles. The maximum Gasteiger partial charge on any atom is 0.0713 e. The molecule has 0 bridgehead atoms. The monoisotopic (exact) mass is 670 g/mol. The fourth-order valence-corrected chi connectivity index (χ4v) is 9.50. The van der Waals surface area contributed by atoms with Crippen LogP contribution in [0.4, 0.5) is 0 Å². The Labute approximate surface area is 309 Å². The van der Waals surface area contributed by atoms with E-state index in [0.717, 1.165) is 0 Å². The second kappa shape index (κ2) is 11.6. The average Bonchev–Trinajstić information content (AvgIpc) is 3.54. The van der Waals surface area contributed by atoms with E-state index in [0.29, 0.717) is 0 Å². The predicted molar refractivity (Wildman–Crippen MR) is 225 cm³/mol. The summed E-state index contributed by atoms with van der Waals surface area (Å²) >= 11 is 0. The molecule has 0 nitrogen and oxygen atoms in total. The molecule has 10 aromatic rings. The highest BCUT2D eigenvalue weighted by Gasteiger charge is 2.46. The molecule has 11 rings (SSSR count). The topological polar surface area (TPSA) is 0 Å². The highest BCUT2D eigenvalue weighted by Crippen LogP contribution is 2.59. The van der Waals surface area contributed by atoms with Gasteiger partial charge < -0.3 is 0 Å². The fourth-order valence-electron chi connectivity index (χ4n) is 9.50. The lowest BCUT2D eigenvalue weighted by atomic mass is 9.67. The van der Waals surface area contributed by atoms with Gasteiger partial charge in [-0.1, -0.05) is 194 Å². The van der Waals surface area contributed by atoms with Crippen molar-refractivity contribution in [3.63, 3.8) is 0 Å². The van der Waals surface area contributed by atoms with E-state index in [1.54, 1.807) is 0 Å². The molecular formula is C53H34. The summed E-state index contributed by atoms with van der Waals surface area (Å²) in [4.78, 5) is 0. The van der Waals surface area contributed by atoms with Crippen molar-refractivity contribution in [2.24, 2.45) is 0 Å². The van der Waals surface area contributed by atoms with Gasteiger partial charge >= 0.3 is 0 Å². The van der Waals surface area contributed by atoms with Gasteiger partial charge in [-0.15, -0.1) is 0 Å². The highest BCUT2D eigenvalue weighted by molar-refractivity contribution is 6.20. The Morgan fingerprint density at radius 1 is 0.264 bits per heavy atom. The van der Waals surface area contributed by atoms with Crippen LogP contribution in [-0.4, -0.2) is 0 Å². The molecule has 0 N–H and O–H groups in total. The van der Waals surface area contributed by atoms with Crippen molar-refractivity contribution in [2.45, 2.75) is 5.41 Å². The quantitative estimate of drug-likeness (QED) is 0.129. The molecule has 0 fully saturated rings. The zero-order valence-electron chi connectivity index (χ0n) is 29.1. The molecule has 0 atom stereocenters.